The van der Waals surface area contributed by atoms with E-state index in [1.165, 1.54) is 16.8 Å². The van der Waals surface area contributed by atoms with E-state index in [1.807, 2.05) is 6.07 Å². The number of aromatic amines is 1. The second-order valence-corrected chi connectivity index (χ2v) is 7.00. The molecule has 0 radical (unpaired) electrons. The maximum Gasteiger partial charge on any atom is 0.416 e. The van der Waals surface area contributed by atoms with E-state index in [9.17, 15) is 18.0 Å². The molecule has 31 heavy (non-hydrogen) atoms. The molecule has 6 nitrogen and oxygen atoms in total. The normalized spacial score (nSPS) is 11.6. The zero-order chi connectivity index (χ0) is 22.0. The van der Waals surface area contributed by atoms with Crippen molar-refractivity contribution < 1.29 is 22.7 Å². The molecule has 1 amide bonds. The molecule has 0 aliphatic carbocycles. The maximum absolute atomic E-state index is 12.6. The van der Waals surface area contributed by atoms with Gasteiger partial charge >= 0.3 is 6.18 Å². The van der Waals surface area contributed by atoms with Crippen molar-refractivity contribution in [3.05, 3.63) is 77.7 Å². The third kappa shape index (κ3) is 4.55. The minimum Gasteiger partial charge on any atom is -0.493 e. The van der Waals surface area contributed by atoms with Crippen molar-refractivity contribution in [3.8, 4) is 5.75 Å². The number of alkyl halides is 3. The van der Waals surface area contributed by atoms with Crippen LogP contribution >= 0.6 is 0 Å². The molecule has 0 spiro atoms. The molecule has 4 aromatic rings. The number of anilines is 1. The van der Waals surface area contributed by atoms with E-state index in [1.54, 1.807) is 37.6 Å². The number of hydrogen-bond donors (Lipinski definition) is 2. The number of nitrogens with zero attached hydrogens (tertiary/aromatic N) is 2. The highest BCUT2D eigenvalue weighted by atomic mass is 19.4. The predicted molar refractivity (Wildman–Crippen MR) is 110 cm³/mol. The number of carbonyl (C=O) groups excluding carboxylic acids is 1. The minimum atomic E-state index is -4.34. The summed E-state index contributed by atoms with van der Waals surface area (Å²) in [6.45, 7) is 0.304. The van der Waals surface area contributed by atoms with Crippen LogP contribution in [-0.4, -0.2) is 27.3 Å². The van der Waals surface area contributed by atoms with Crippen molar-refractivity contribution in [2.24, 2.45) is 7.05 Å². The topological polar surface area (TPSA) is 71.9 Å². The van der Waals surface area contributed by atoms with Crippen molar-refractivity contribution in [2.45, 2.75) is 12.6 Å². The van der Waals surface area contributed by atoms with Gasteiger partial charge in [0.25, 0.3) is 5.91 Å². The van der Waals surface area contributed by atoms with Gasteiger partial charge < -0.3 is 15.0 Å². The van der Waals surface area contributed by atoms with Gasteiger partial charge in [-0.3, -0.25) is 9.48 Å². The van der Waals surface area contributed by atoms with E-state index in [2.05, 4.69) is 15.4 Å². The van der Waals surface area contributed by atoms with Crippen molar-refractivity contribution in [1.82, 2.24) is 14.8 Å². The van der Waals surface area contributed by atoms with Gasteiger partial charge in [0.2, 0.25) is 0 Å². The molecule has 2 aromatic heterocycles. The monoisotopic (exact) mass is 428 g/mol. The molecule has 0 saturated heterocycles. The predicted octanol–water partition coefficient (Wildman–Crippen LogP) is 4.79. The lowest BCUT2D eigenvalue weighted by atomic mass is 10.1. The zero-order valence-corrected chi connectivity index (χ0v) is 16.5. The number of amides is 1. The molecule has 0 atom stereocenters. The van der Waals surface area contributed by atoms with Gasteiger partial charge in [0.15, 0.2) is 0 Å². The largest absolute Gasteiger partial charge is 0.493 e. The van der Waals surface area contributed by atoms with Crippen LogP contribution in [-0.2, 0) is 19.6 Å². The lowest BCUT2D eigenvalue weighted by Crippen LogP contribution is -2.15. The molecule has 2 aromatic carbocycles. The molecular weight excluding hydrogens is 409 g/mol. The van der Waals surface area contributed by atoms with Gasteiger partial charge in [-0.1, -0.05) is 12.1 Å². The van der Waals surface area contributed by atoms with E-state index < -0.39 is 11.7 Å². The number of aryl methyl sites for hydroxylation is 1. The average Bonchev–Trinajstić information content (AvgIpc) is 3.34. The van der Waals surface area contributed by atoms with Crippen LogP contribution in [0.3, 0.4) is 0 Å². The standard InChI is InChI=1S/C22H19F3N4O2/c1-29-20(8-10-27-29)21(30)28-19-13-26-18-7-6-16(12-17(18)19)31-11-9-14-2-4-15(5-3-14)22(23,24)25/h2-8,10,12-13,26H,9,11H2,1H3,(H,28,30). The summed E-state index contributed by atoms with van der Waals surface area (Å²) in [6.07, 6.45) is -0.629. The molecule has 0 bridgehead atoms. The number of fused-ring (bicyclic) bond motifs is 1. The fourth-order valence-electron chi connectivity index (χ4n) is 3.22. The summed E-state index contributed by atoms with van der Waals surface area (Å²) in [4.78, 5) is 15.5. The summed E-state index contributed by atoms with van der Waals surface area (Å²) in [7, 11) is 1.69. The van der Waals surface area contributed by atoms with Crippen LogP contribution in [0.25, 0.3) is 10.9 Å². The lowest BCUT2D eigenvalue weighted by molar-refractivity contribution is -0.137. The summed E-state index contributed by atoms with van der Waals surface area (Å²) in [6, 6.07) is 12.1. The first-order chi connectivity index (χ1) is 14.8. The molecule has 0 unspecified atom stereocenters. The number of nitrogens with one attached hydrogen (secondary N) is 2. The number of H-pyrrole nitrogens is 1. The summed E-state index contributed by atoms with van der Waals surface area (Å²) in [5.74, 6) is 0.310. The van der Waals surface area contributed by atoms with Gasteiger partial charge in [0.1, 0.15) is 11.4 Å². The number of benzene rings is 2. The van der Waals surface area contributed by atoms with Crippen LogP contribution in [0.1, 0.15) is 21.6 Å². The first kappa shape index (κ1) is 20.5. The van der Waals surface area contributed by atoms with Crippen molar-refractivity contribution >= 4 is 22.5 Å². The Labute approximate surface area is 175 Å². The number of rotatable bonds is 6. The Bertz CT molecular complexity index is 1210. The quantitative estimate of drug-likeness (QED) is 0.464. The number of carbonyl (C=O) groups is 1. The SMILES string of the molecule is Cn1nccc1C(=O)Nc1c[nH]c2ccc(OCCc3ccc(C(F)(F)F)cc3)cc12. The Balaban J connectivity index is 1.41. The van der Waals surface area contributed by atoms with E-state index in [0.29, 0.717) is 30.2 Å². The summed E-state index contributed by atoms with van der Waals surface area (Å²) < 4.78 is 45.2. The van der Waals surface area contributed by atoms with Crippen LogP contribution in [0, 0.1) is 0 Å². The van der Waals surface area contributed by atoms with Crippen LogP contribution in [0.5, 0.6) is 5.75 Å². The molecule has 4 rings (SSSR count). The molecule has 0 aliphatic rings. The van der Waals surface area contributed by atoms with E-state index in [4.69, 9.17) is 4.74 Å². The average molecular weight is 428 g/mol. The Morgan fingerprint density at radius 2 is 1.94 bits per heavy atom. The fraction of sp³-hybridized carbons (Fsp3) is 0.182. The first-order valence-corrected chi connectivity index (χ1v) is 9.51. The van der Waals surface area contributed by atoms with Crippen LogP contribution in [0.4, 0.5) is 18.9 Å². The van der Waals surface area contributed by atoms with E-state index >= 15 is 0 Å². The number of hydrogen-bond acceptors (Lipinski definition) is 3. The zero-order valence-electron chi connectivity index (χ0n) is 16.5. The van der Waals surface area contributed by atoms with Gasteiger partial charge in [0.05, 0.1) is 17.9 Å². The van der Waals surface area contributed by atoms with Crippen molar-refractivity contribution in [1.29, 1.82) is 0 Å². The van der Waals surface area contributed by atoms with Gasteiger partial charge in [-0.05, 0) is 42.0 Å². The number of halogens is 3. The molecule has 2 heterocycles. The highest BCUT2D eigenvalue weighted by Crippen LogP contribution is 2.30. The molecule has 0 saturated carbocycles. The van der Waals surface area contributed by atoms with E-state index in [-0.39, 0.29) is 5.91 Å². The molecule has 160 valence electrons. The molecule has 9 heteroatoms. The number of aromatic nitrogens is 3. The van der Waals surface area contributed by atoms with E-state index in [0.717, 1.165) is 28.6 Å². The summed E-state index contributed by atoms with van der Waals surface area (Å²) >= 11 is 0. The summed E-state index contributed by atoms with van der Waals surface area (Å²) in [5, 5.41) is 7.63. The third-order valence-electron chi connectivity index (χ3n) is 4.90. The minimum absolute atomic E-state index is 0.283. The van der Waals surface area contributed by atoms with Crippen molar-refractivity contribution in [2.75, 3.05) is 11.9 Å². The first-order valence-electron chi connectivity index (χ1n) is 9.51. The highest BCUT2D eigenvalue weighted by Gasteiger charge is 2.29. The second-order valence-electron chi connectivity index (χ2n) is 7.00. The maximum atomic E-state index is 12.6. The Morgan fingerprint density at radius 1 is 1.16 bits per heavy atom. The van der Waals surface area contributed by atoms with Crippen LogP contribution in [0.15, 0.2) is 60.9 Å². The molecule has 2 N–H and O–H groups in total. The summed E-state index contributed by atoms with van der Waals surface area (Å²) in [5.41, 5.74) is 1.94. The smallest absolute Gasteiger partial charge is 0.416 e. The highest BCUT2D eigenvalue weighted by molar-refractivity contribution is 6.08. The lowest BCUT2D eigenvalue weighted by Gasteiger charge is -2.09. The molecular formula is C22H19F3N4O2. The Kier molecular flexibility index (Phi) is 5.41. The third-order valence-corrected chi connectivity index (χ3v) is 4.90. The Hall–Kier alpha value is -3.75. The molecule has 0 aliphatic heterocycles. The van der Waals surface area contributed by atoms with Crippen LogP contribution in [0.2, 0.25) is 0 Å². The Morgan fingerprint density at radius 3 is 2.61 bits per heavy atom. The van der Waals surface area contributed by atoms with Crippen LogP contribution < -0.4 is 10.1 Å². The number of ether oxygens (including phenoxy) is 1. The molecule has 0 fully saturated rings. The fourth-order valence-corrected chi connectivity index (χ4v) is 3.22. The van der Waals surface area contributed by atoms with Gasteiger partial charge in [-0.2, -0.15) is 18.3 Å². The van der Waals surface area contributed by atoms with Crippen molar-refractivity contribution in [3.63, 3.8) is 0 Å². The van der Waals surface area contributed by atoms with Gasteiger partial charge in [-0.25, -0.2) is 0 Å². The van der Waals surface area contributed by atoms with Gasteiger partial charge in [0, 0.05) is 36.8 Å². The van der Waals surface area contributed by atoms with Gasteiger partial charge in [-0.15, -0.1) is 0 Å². The second kappa shape index (κ2) is 8.17.